The van der Waals surface area contributed by atoms with Crippen molar-refractivity contribution >= 4 is 18.0 Å². The van der Waals surface area contributed by atoms with Crippen molar-refractivity contribution < 1.29 is 14.3 Å². The van der Waals surface area contributed by atoms with Crippen molar-refractivity contribution in [3.8, 4) is 0 Å². The van der Waals surface area contributed by atoms with Crippen molar-refractivity contribution in [2.45, 2.75) is 18.9 Å². The molecule has 0 unspecified atom stereocenters. The minimum atomic E-state index is -0.765. The Labute approximate surface area is 70.4 Å². The third-order valence-corrected chi connectivity index (χ3v) is 1.37. The molecule has 1 atom stereocenters. The highest BCUT2D eigenvalue weighted by atomic mass is 16.5. The molecule has 0 aliphatic carbocycles. The van der Waals surface area contributed by atoms with Crippen molar-refractivity contribution in [2.75, 3.05) is 7.11 Å². The van der Waals surface area contributed by atoms with Gasteiger partial charge in [0, 0.05) is 6.42 Å². The molecular weight excluding hydrogens is 160 g/mol. The maximum atomic E-state index is 10.7. The molecule has 0 fully saturated rings. The average molecular weight is 172 g/mol. The third-order valence-electron chi connectivity index (χ3n) is 1.37. The predicted octanol–water partition coefficient (Wildman–Crippen LogP) is -0.514. The summed E-state index contributed by atoms with van der Waals surface area (Å²) < 4.78 is 4.35. The summed E-state index contributed by atoms with van der Waals surface area (Å²) in [6.45, 7) is 0. The second-order valence-corrected chi connectivity index (χ2v) is 2.28. The number of ether oxygens (including phenoxy) is 1. The molecule has 0 aliphatic rings. The number of carbonyl (C=O) groups excluding carboxylic acids is 2. The lowest BCUT2D eigenvalue weighted by Crippen LogP contribution is -2.32. The van der Waals surface area contributed by atoms with Crippen LogP contribution >= 0.6 is 0 Å². The van der Waals surface area contributed by atoms with Crippen LogP contribution in [-0.2, 0) is 14.3 Å². The normalized spacial score (nSPS) is 11.8. The van der Waals surface area contributed by atoms with E-state index < -0.39 is 12.0 Å². The van der Waals surface area contributed by atoms with E-state index in [0.29, 0.717) is 6.21 Å². The summed E-state index contributed by atoms with van der Waals surface area (Å²) in [6, 6.07) is -0.765. The number of carbonyl (C=O) groups is 2. The third kappa shape index (κ3) is 3.82. The Bertz CT molecular complexity index is 191. The summed E-state index contributed by atoms with van der Waals surface area (Å²) in [5.41, 5.74) is 5.33. The Morgan fingerprint density at radius 2 is 2.25 bits per heavy atom. The number of rotatable bonds is 5. The lowest BCUT2D eigenvalue weighted by atomic mass is 10.1. The fourth-order valence-electron chi connectivity index (χ4n) is 0.639. The molecule has 0 saturated heterocycles. The zero-order valence-electron chi connectivity index (χ0n) is 6.87. The lowest BCUT2D eigenvalue weighted by molar-refractivity contribution is -0.142. The molecule has 0 spiro atoms. The Hall–Kier alpha value is -1.23. The van der Waals surface area contributed by atoms with Crippen LogP contribution in [0.2, 0.25) is 0 Å². The van der Waals surface area contributed by atoms with E-state index in [1.165, 1.54) is 7.11 Å². The van der Waals surface area contributed by atoms with Crippen LogP contribution in [-0.4, -0.2) is 31.1 Å². The van der Waals surface area contributed by atoms with Gasteiger partial charge in [-0.15, -0.1) is 0 Å². The maximum Gasteiger partial charge on any atom is 0.322 e. The smallest absolute Gasteiger partial charge is 0.322 e. The predicted molar refractivity (Wildman–Crippen MR) is 43.0 cm³/mol. The highest BCUT2D eigenvalue weighted by Gasteiger charge is 2.14. The van der Waals surface area contributed by atoms with Gasteiger partial charge in [0.1, 0.15) is 6.04 Å². The molecule has 0 radical (unpaired) electrons. The summed E-state index contributed by atoms with van der Waals surface area (Å²) in [5, 5.41) is 6.57. The maximum absolute atomic E-state index is 10.7. The van der Waals surface area contributed by atoms with E-state index in [1.807, 2.05) is 0 Å². The first-order chi connectivity index (χ1) is 5.61. The molecule has 0 rings (SSSR count). The number of Topliss-reactive ketones (excluding diaryl/α,β-unsaturated/α-hetero) is 1. The first-order valence-electron chi connectivity index (χ1n) is 3.48. The van der Waals surface area contributed by atoms with Crippen molar-refractivity contribution in [3.63, 3.8) is 0 Å². The van der Waals surface area contributed by atoms with E-state index in [1.54, 1.807) is 0 Å². The molecule has 3 N–H and O–H groups in total. The lowest BCUT2D eigenvalue weighted by Gasteiger charge is -2.06. The Balaban J connectivity index is 3.70. The van der Waals surface area contributed by atoms with Gasteiger partial charge >= 0.3 is 5.97 Å². The number of ketones is 1. The number of nitrogens with one attached hydrogen (secondary N) is 1. The molecule has 0 aromatic rings. The van der Waals surface area contributed by atoms with E-state index in [2.05, 4.69) is 4.74 Å². The highest BCUT2D eigenvalue weighted by molar-refractivity contribution is 6.26. The summed E-state index contributed by atoms with van der Waals surface area (Å²) in [5.74, 6) is -0.873. The van der Waals surface area contributed by atoms with E-state index >= 15 is 0 Å². The van der Waals surface area contributed by atoms with Crippen LogP contribution in [0.3, 0.4) is 0 Å². The van der Waals surface area contributed by atoms with Gasteiger partial charge in [0.25, 0.3) is 0 Å². The zero-order valence-corrected chi connectivity index (χ0v) is 6.87. The van der Waals surface area contributed by atoms with Crippen LogP contribution in [0.4, 0.5) is 0 Å². The van der Waals surface area contributed by atoms with Crippen LogP contribution in [0.15, 0.2) is 0 Å². The number of hydrogen-bond donors (Lipinski definition) is 2. The molecule has 0 bridgehead atoms. The van der Waals surface area contributed by atoms with E-state index in [9.17, 15) is 9.59 Å². The number of hydrogen-bond acceptors (Lipinski definition) is 5. The van der Waals surface area contributed by atoms with Gasteiger partial charge in [0.2, 0.25) is 0 Å². The second kappa shape index (κ2) is 5.42. The molecule has 0 aromatic heterocycles. The second-order valence-electron chi connectivity index (χ2n) is 2.28. The fourth-order valence-corrected chi connectivity index (χ4v) is 0.639. The molecule has 12 heavy (non-hydrogen) atoms. The van der Waals surface area contributed by atoms with Crippen LogP contribution in [0.25, 0.3) is 0 Å². The van der Waals surface area contributed by atoms with Crippen LogP contribution in [0, 0.1) is 5.41 Å². The number of nitrogens with two attached hydrogens (primary N) is 1. The van der Waals surface area contributed by atoms with Gasteiger partial charge < -0.3 is 15.9 Å². The van der Waals surface area contributed by atoms with Crippen molar-refractivity contribution in [3.05, 3.63) is 0 Å². The fraction of sp³-hybridized carbons (Fsp3) is 0.571. The van der Waals surface area contributed by atoms with Crippen LogP contribution in [0.5, 0.6) is 0 Å². The molecule has 5 heteroatoms. The molecule has 0 aliphatic heterocycles. The first-order valence-corrected chi connectivity index (χ1v) is 3.48. The first kappa shape index (κ1) is 10.8. The molecule has 68 valence electrons. The van der Waals surface area contributed by atoms with E-state index in [-0.39, 0.29) is 18.6 Å². The molecule has 0 saturated carbocycles. The zero-order chi connectivity index (χ0) is 9.56. The molecule has 0 aromatic carbocycles. The van der Waals surface area contributed by atoms with Gasteiger partial charge in [-0.3, -0.25) is 9.59 Å². The Morgan fingerprint density at radius 3 is 2.67 bits per heavy atom. The quantitative estimate of drug-likeness (QED) is 0.431. The summed E-state index contributed by atoms with van der Waals surface area (Å²) in [4.78, 5) is 21.3. The average Bonchev–Trinajstić information content (AvgIpc) is 2.11. The van der Waals surface area contributed by atoms with E-state index in [0.717, 1.165) is 0 Å². The summed E-state index contributed by atoms with van der Waals surface area (Å²) in [7, 11) is 1.24. The molecular formula is C7H12N2O3. The minimum Gasteiger partial charge on any atom is -0.468 e. The Morgan fingerprint density at radius 1 is 1.67 bits per heavy atom. The van der Waals surface area contributed by atoms with Gasteiger partial charge in [0.15, 0.2) is 5.78 Å². The molecule has 0 heterocycles. The Kier molecular flexibility index (Phi) is 4.87. The minimum absolute atomic E-state index is 0.111. The topological polar surface area (TPSA) is 93.2 Å². The van der Waals surface area contributed by atoms with Gasteiger partial charge in [-0.05, 0) is 6.42 Å². The number of methoxy groups -OCH3 is 1. The monoisotopic (exact) mass is 172 g/mol. The number of esters is 1. The van der Waals surface area contributed by atoms with Gasteiger partial charge in [0.05, 0.1) is 13.3 Å². The summed E-state index contributed by atoms with van der Waals surface area (Å²) >= 11 is 0. The summed E-state index contributed by atoms with van der Waals surface area (Å²) in [6.07, 6.45) is 1.05. The molecule has 5 nitrogen and oxygen atoms in total. The molecule has 0 amide bonds. The van der Waals surface area contributed by atoms with E-state index in [4.69, 9.17) is 11.1 Å². The van der Waals surface area contributed by atoms with Gasteiger partial charge in [-0.25, -0.2) is 0 Å². The van der Waals surface area contributed by atoms with Crippen LogP contribution < -0.4 is 5.73 Å². The SMILES string of the molecule is COC(=O)[C@@H](N)CCC(=O)C=N. The van der Waals surface area contributed by atoms with Crippen molar-refractivity contribution in [1.82, 2.24) is 0 Å². The van der Waals surface area contributed by atoms with Crippen LogP contribution in [0.1, 0.15) is 12.8 Å². The van der Waals surface area contributed by atoms with Crippen molar-refractivity contribution in [2.24, 2.45) is 5.73 Å². The van der Waals surface area contributed by atoms with Crippen molar-refractivity contribution in [1.29, 1.82) is 5.41 Å². The van der Waals surface area contributed by atoms with Gasteiger partial charge in [-0.1, -0.05) is 0 Å². The highest BCUT2D eigenvalue weighted by Crippen LogP contribution is 1.96. The van der Waals surface area contributed by atoms with Gasteiger partial charge in [-0.2, -0.15) is 0 Å². The largest absolute Gasteiger partial charge is 0.468 e. The standard InChI is InChI=1S/C7H12N2O3/c1-12-7(11)6(9)3-2-5(10)4-8/h4,6,8H,2-3,9H2,1H3/t6-/m0/s1.